The van der Waals surface area contributed by atoms with E-state index in [2.05, 4.69) is 0 Å². The molecule has 1 rings (SSSR count). The Balaban J connectivity index is 2.54. The Morgan fingerprint density at radius 2 is 2.20 bits per heavy atom. The lowest BCUT2D eigenvalue weighted by atomic mass is 10.4. The van der Waals surface area contributed by atoms with Gasteiger partial charge in [0.1, 0.15) is 0 Å². The summed E-state index contributed by atoms with van der Waals surface area (Å²) in [5, 5.41) is 0. The largest absolute Gasteiger partial charge is 0.398 e. The third-order valence-corrected chi connectivity index (χ3v) is 3.49. The summed E-state index contributed by atoms with van der Waals surface area (Å²) < 4.78 is 12.7. The van der Waals surface area contributed by atoms with Crippen molar-refractivity contribution in [2.24, 2.45) is 0 Å². The smallest absolute Gasteiger partial charge is 0.250 e. The van der Waals surface area contributed by atoms with Gasteiger partial charge in [0.25, 0.3) is 5.56 Å². The summed E-state index contributed by atoms with van der Waals surface area (Å²) in [6, 6.07) is 3.04. The van der Waals surface area contributed by atoms with Crippen LogP contribution in [-0.2, 0) is 17.3 Å². The van der Waals surface area contributed by atoms with Crippen molar-refractivity contribution >= 4 is 16.5 Å². The van der Waals surface area contributed by atoms with Crippen molar-refractivity contribution in [2.75, 3.05) is 17.2 Å². The van der Waals surface area contributed by atoms with Crippen LogP contribution in [0.25, 0.3) is 0 Å². The molecule has 0 bridgehead atoms. The Morgan fingerprint density at radius 1 is 1.47 bits per heavy atom. The van der Waals surface area contributed by atoms with Gasteiger partial charge in [-0.15, -0.1) is 0 Å². The van der Waals surface area contributed by atoms with Gasteiger partial charge in [0.05, 0.1) is 0 Å². The molecular weight excluding hydrogens is 212 g/mol. The first-order chi connectivity index (χ1) is 7.13. The van der Waals surface area contributed by atoms with Crippen LogP contribution in [0.3, 0.4) is 0 Å². The van der Waals surface area contributed by atoms with Gasteiger partial charge < -0.3 is 10.3 Å². The number of hydrogen-bond acceptors (Lipinski definition) is 3. The maximum absolute atomic E-state index is 11.3. The van der Waals surface area contributed by atoms with Crippen molar-refractivity contribution in [3.8, 4) is 0 Å². The molecule has 5 heteroatoms. The molecular formula is C10H16N2O2S. The fraction of sp³-hybridized carbons (Fsp3) is 0.500. The van der Waals surface area contributed by atoms with E-state index in [1.807, 2.05) is 6.92 Å². The molecule has 0 radical (unpaired) electrons. The van der Waals surface area contributed by atoms with Gasteiger partial charge in [-0.2, -0.15) is 0 Å². The molecule has 1 atom stereocenters. The molecule has 0 aliphatic heterocycles. The molecule has 1 aromatic rings. The van der Waals surface area contributed by atoms with Crippen molar-refractivity contribution in [1.29, 1.82) is 0 Å². The lowest BCUT2D eigenvalue weighted by Gasteiger charge is -2.05. The van der Waals surface area contributed by atoms with Gasteiger partial charge in [-0.05, 0) is 12.5 Å². The highest BCUT2D eigenvalue weighted by Gasteiger charge is 1.99. The minimum Gasteiger partial charge on any atom is -0.398 e. The molecule has 0 fully saturated rings. The average molecular weight is 228 g/mol. The number of nitrogens with zero attached hydrogens (tertiary/aromatic N) is 1. The highest BCUT2D eigenvalue weighted by Crippen LogP contribution is 1.97. The summed E-state index contributed by atoms with van der Waals surface area (Å²) in [5.74, 6) is 1.31. The van der Waals surface area contributed by atoms with Crippen molar-refractivity contribution in [2.45, 2.75) is 19.9 Å². The van der Waals surface area contributed by atoms with Crippen LogP contribution in [0, 0.1) is 0 Å². The first kappa shape index (κ1) is 12.0. The number of nitrogen functional groups attached to an aromatic ring is 1. The summed E-state index contributed by atoms with van der Waals surface area (Å²) in [4.78, 5) is 11.3. The van der Waals surface area contributed by atoms with Crippen LogP contribution >= 0.6 is 0 Å². The molecule has 0 saturated heterocycles. The second-order valence-electron chi connectivity index (χ2n) is 3.28. The van der Waals surface area contributed by atoms with Crippen LogP contribution in [0.2, 0.25) is 0 Å². The number of rotatable bonds is 5. The van der Waals surface area contributed by atoms with Crippen molar-refractivity contribution in [3.63, 3.8) is 0 Å². The van der Waals surface area contributed by atoms with E-state index in [1.54, 1.807) is 16.8 Å². The van der Waals surface area contributed by atoms with Crippen LogP contribution in [0.4, 0.5) is 5.69 Å². The van der Waals surface area contributed by atoms with Gasteiger partial charge in [-0.25, -0.2) is 0 Å². The number of nitrogens with two attached hydrogens (primary N) is 1. The molecule has 0 amide bonds. The van der Waals surface area contributed by atoms with E-state index in [9.17, 15) is 9.00 Å². The van der Waals surface area contributed by atoms with Gasteiger partial charge in [0.15, 0.2) is 0 Å². The van der Waals surface area contributed by atoms with Gasteiger partial charge >= 0.3 is 0 Å². The molecule has 15 heavy (non-hydrogen) atoms. The highest BCUT2D eigenvalue weighted by molar-refractivity contribution is 7.84. The molecule has 0 spiro atoms. The molecule has 0 aromatic carbocycles. The zero-order valence-corrected chi connectivity index (χ0v) is 9.63. The highest BCUT2D eigenvalue weighted by atomic mass is 32.2. The summed E-state index contributed by atoms with van der Waals surface area (Å²) in [7, 11) is -0.759. The lowest BCUT2D eigenvalue weighted by Crippen LogP contribution is -2.20. The molecule has 1 unspecified atom stereocenters. The quantitative estimate of drug-likeness (QED) is 0.802. The van der Waals surface area contributed by atoms with Crippen LogP contribution < -0.4 is 11.3 Å². The maximum Gasteiger partial charge on any atom is 0.250 e. The van der Waals surface area contributed by atoms with E-state index in [4.69, 9.17) is 5.73 Å². The zero-order valence-electron chi connectivity index (χ0n) is 8.81. The van der Waals surface area contributed by atoms with Crippen molar-refractivity contribution in [1.82, 2.24) is 4.57 Å². The number of anilines is 1. The Kier molecular flexibility index (Phi) is 4.55. The van der Waals surface area contributed by atoms with E-state index in [0.29, 0.717) is 23.7 Å². The van der Waals surface area contributed by atoms with Crippen molar-refractivity contribution < 1.29 is 4.21 Å². The lowest BCUT2D eigenvalue weighted by molar-refractivity contribution is 0.645. The minimum atomic E-state index is -0.759. The monoisotopic (exact) mass is 228 g/mol. The Bertz CT molecular complexity index is 401. The number of aryl methyl sites for hydroxylation is 1. The predicted molar refractivity (Wildman–Crippen MR) is 63.3 cm³/mol. The Labute approximate surface area is 91.6 Å². The van der Waals surface area contributed by atoms with E-state index in [1.165, 1.54) is 6.07 Å². The molecule has 4 nitrogen and oxygen atoms in total. The zero-order chi connectivity index (χ0) is 11.3. The average Bonchev–Trinajstić information content (AvgIpc) is 2.23. The van der Waals surface area contributed by atoms with Gasteiger partial charge in [0.2, 0.25) is 0 Å². The third-order valence-electron chi connectivity index (χ3n) is 2.10. The Hall–Kier alpha value is -1.10. The fourth-order valence-corrected chi connectivity index (χ4v) is 2.00. The molecule has 84 valence electrons. The first-order valence-corrected chi connectivity index (χ1v) is 6.43. The summed E-state index contributed by atoms with van der Waals surface area (Å²) in [6.45, 7) is 2.47. The van der Waals surface area contributed by atoms with Crippen LogP contribution in [0.15, 0.2) is 23.1 Å². The van der Waals surface area contributed by atoms with E-state index < -0.39 is 10.8 Å². The molecule has 0 aliphatic rings. The first-order valence-electron chi connectivity index (χ1n) is 4.94. The maximum atomic E-state index is 11.3. The molecule has 0 saturated carbocycles. The summed E-state index contributed by atoms with van der Waals surface area (Å²) >= 11 is 0. The number of aromatic nitrogens is 1. The predicted octanol–water partition coefficient (Wildman–Crippen LogP) is 0.589. The minimum absolute atomic E-state index is 0.0634. The van der Waals surface area contributed by atoms with Crippen LogP contribution in [0.5, 0.6) is 0 Å². The van der Waals surface area contributed by atoms with Crippen molar-refractivity contribution in [3.05, 3.63) is 28.7 Å². The van der Waals surface area contributed by atoms with Gasteiger partial charge in [-0.3, -0.25) is 9.00 Å². The molecule has 1 heterocycles. The van der Waals surface area contributed by atoms with E-state index in [-0.39, 0.29) is 5.56 Å². The topological polar surface area (TPSA) is 65.1 Å². The van der Waals surface area contributed by atoms with Crippen LogP contribution in [0.1, 0.15) is 13.3 Å². The molecule has 0 aliphatic carbocycles. The SMILES string of the molecule is CCS(=O)CCCn1cc(N)ccc1=O. The van der Waals surface area contributed by atoms with Gasteiger partial charge in [0, 0.05) is 46.8 Å². The summed E-state index contributed by atoms with van der Waals surface area (Å²) in [6.07, 6.45) is 2.36. The fourth-order valence-electron chi connectivity index (χ4n) is 1.26. The number of pyridine rings is 1. The second-order valence-corrected chi connectivity index (χ2v) is 5.15. The second kappa shape index (κ2) is 5.70. The van der Waals surface area contributed by atoms with Gasteiger partial charge in [-0.1, -0.05) is 6.92 Å². The Morgan fingerprint density at radius 3 is 2.87 bits per heavy atom. The number of hydrogen-bond donors (Lipinski definition) is 1. The molecule has 2 N–H and O–H groups in total. The van der Waals surface area contributed by atoms with E-state index >= 15 is 0 Å². The third kappa shape index (κ3) is 3.87. The van der Waals surface area contributed by atoms with E-state index in [0.717, 1.165) is 6.42 Å². The normalized spacial score (nSPS) is 12.6. The van der Waals surface area contributed by atoms with Crippen LogP contribution in [-0.4, -0.2) is 20.3 Å². The molecule has 1 aromatic heterocycles. The summed E-state index contributed by atoms with van der Waals surface area (Å²) in [5.41, 5.74) is 6.08. The standard InChI is InChI=1S/C10H16N2O2S/c1-2-15(14)7-3-6-12-8-9(11)4-5-10(12)13/h4-5,8H,2-3,6-7,11H2,1H3.